The van der Waals surface area contributed by atoms with Crippen LogP contribution in [-0.4, -0.2) is 89.7 Å². The van der Waals surface area contributed by atoms with Gasteiger partial charge >= 0.3 is 0 Å². The quantitative estimate of drug-likeness (QED) is 0.281. The predicted molar refractivity (Wildman–Crippen MR) is 213 cm³/mol. The van der Waals surface area contributed by atoms with Crippen LogP contribution in [0, 0.1) is 0 Å². The summed E-state index contributed by atoms with van der Waals surface area (Å²) in [6.07, 6.45) is 6.37. The Morgan fingerprint density at radius 2 is 1.54 bits per heavy atom. The zero-order chi connectivity index (χ0) is 39.5. The van der Waals surface area contributed by atoms with Crippen molar-refractivity contribution in [1.82, 2.24) is 31.1 Å². The van der Waals surface area contributed by atoms with Crippen molar-refractivity contribution in [3.05, 3.63) is 101 Å². The van der Waals surface area contributed by atoms with Crippen LogP contribution in [0.15, 0.2) is 78.9 Å². The van der Waals surface area contributed by atoms with E-state index in [1.807, 2.05) is 42.5 Å². The van der Waals surface area contributed by atoms with Gasteiger partial charge in [-0.15, -0.1) is 0 Å². The number of para-hydroxylation sites is 1. The van der Waals surface area contributed by atoms with E-state index < -0.39 is 47.3 Å². The number of carbonyl (C=O) groups is 5. The molecule has 12 heteroatoms. The Labute approximate surface area is 330 Å². The average molecular weight is 765 g/mol. The molecule has 0 aromatic heterocycles. The minimum absolute atomic E-state index is 0.00202. The second kappa shape index (κ2) is 19.1. The minimum atomic E-state index is -1.18. The van der Waals surface area contributed by atoms with Crippen molar-refractivity contribution in [2.24, 2.45) is 0 Å². The molecular formula is C44H56N6O6. The zero-order valence-electron chi connectivity index (χ0n) is 32.7. The lowest BCUT2D eigenvalue weighted by Gasteiger charge is -2.34. The number of carbonyl (C=O) groups excluding carboxylic acids is 5. The average Bonchev–Trinajstić information content (AvgIpc) is 3.69. The number of piperidine rings is 1. The Bertz CT molecular complexity index is 1840. The van der Waals surface area contributed by atoms with Gasteiger partial charge in [0.25, 0.3) is 5.91 Å². The van der Waals surface area contributed by atoms with E-state index in [9.17, 15) is 24.0 Å². The first kappa shape index (κ1) is 40.4. The number of likely N-dealkylation sites (tertiary alicyclic amines) is 1. The summed E-state index contributed by atoms with van der Waals surface area (Å²) in [6.45, 7) is 4.98. The van der Waals surface area contributed by atoms with Crippen LogP contribution in [0.25, 0.3) is 0 Å². The summed E-state index contributed by atoms with van der Waals surface area (Å²) in [5.74, 6) is -1.80. The number of hydrogen-bond donors (Lipinski definition) is 4. The van der Waals surface area contributed by atoms with Gasteiger partial charge in [0.2, 0.25) is 23.6 Å². The Morgan fingerprint density at radius 1 is 0.839 bits per heavy atom. The molecule has 1 aliphatic carbocycles. The maximum atomic E-state index is 14.0. The van der Waals surface area contributed by atoms with E-state index in [1.54, 1.807) is 43.1 Å². The van der Waals surface area contributed by atoms with Crippen LogP contribution in [0.4, 0.5) is 0 Å². The largest absolute Gasteiger partial charge is 0.491 e. The summed E-state index contributed by atoms with van der Waals surface area (Å²) in [6, 6.07) is 22.3. The summed E-state index contributed by atoms with van der Waals surface area (Å²) in [7, 11) is 1.68. The molecule has 2 fully saturated rings. The molecule has 1 saturated heterocycles. The highest BCUT2D eigenvalue weighted by Gasteiger charge is 2.44. The van der Waals surface area contributed by atoms with E-state index in [1.165, 1.54) is 24.8 Å². The molecule has 5 amide bonds. The van der Waals surface area contributed by atoms with Gasteiger partial charge < -0.3 is 30.9 Å². The fourth-order valence-corrected chi connectivity index (χ4v) is 8.06. The molecule has 3 atom stereocenters. The lowest BCUT2D eigenvalue weighted by atomic mass is 9.95. The highest BCUT2D eigenvalue weighted by atomic mass is 16.5. The molecule has 3 aromatic carbocycles. The van der Waals surface area contributed by atoms with Gasteiger partial charge in [-0.2, -0.15) is 0 Å². The van der Waals surface area contributed by atoms with Gasteiger partial charge in [-0.1, -0.05) is 86.0 Å². The second-order valence-corrected chi connectivity index (χ2v) is 15.6. The molecule has 6 rings (SSSR count). The molecule has 4 N–H and O–H groups in total. The highest BCUT2D eigenvalue weighted by molar-refractivity contribution is 6.00. The first-order valence-electron chi connectivity index (χ1n) is 20.1. The van der Waals surface area contributed by atoms with Crippen LogP contribution in [0.1, 0.15) is 91.8 Å². The van der Waals surface area contributed by atoms with Crippen molar-refractivity contribution < 1.29 is 28.7 Å². The highest BCUT2D eigenvalue weighted by Crippen LogP contribution is 2.31. The van der Waals surface area contributed by atoms with Crippen LogP contribution in [0.3, 0.4) is 0 Å². The third-order valence-corrected chi connectivity index (χ3v) is 11.4. The van der Waals surface area contributed by atoms with Crippen LogP contribution in [0.2, 0.25) is 0 Å². The van der Waals surface area contributed by atoms with E-state index in [0.717, 1.165) is 43.6 Å². The maximum absolute atomic E-state index is 14.0. The van der Waals surface area contributed by atoms with Crippen molar-refractivity contribution >= 4 is 29.5 Å². The summed E-state index contributed by atoms with van der Waals surface area (Å²) >= 11 is 0. The van der Waals surface area contributed by atoms with Crippen molar-refractivity contribution in [2.45, 2.75) is 108 Å². The van der Waals surface area contributed by atoms with Gasteiger partial charge in [0.05, 0.1) is 11.6 Å². The van der Waals surface area contributed by atoms with Crippen molar-refractivity contribution in [3.63, 3.8) is 0 Å². The van der Waals surface area contributed by atoms with Crippen molar-refractivity contribution in [2.75, 3.05) is 26.7 Å². The lowest BCUT2D eigenvalue weighted by molar-refractivity contribution is -0.139. The second-order valence-electron chi connectivity index (χ2n) is 15.6. The van der Waals surface area contributed by atoms with Crippen LogP contribution >= 0.6 is 0 Å². The number of nitrogens with one attached hydrogen (secondary N) is 4. The fourth-order valence-electron chi connectivity index (χ4n) is 8.06. The Hall–Kier alpha value is -5.23. The minimum Gasteiger partial charge on any atom is -0.491 e. The first-order chi connectivity index (χ1) is 27.1. The van der Waals surface area contributed by atoms with E-state index in [0.29, 0.717) is 19.3 Å². The number of benzene rings is 3. The number of fused-ring (bicyclic) bond motifs is 1. The summed E-state index contributed by atoms with van der Waals surface area (Å²) in [4.78, 5) is 73.2. The van der Waals surface area contributed by atoms with Gasteiger partial charge in [0.1, 0.15) is 30.0 Å². The van der Waals surface area contributed by atoms with E-state index in [4.69, 9.17) is 4.74 Å². The topological polar surface area (TPSA) is 149 Å². The molecule has 1 spiro atoms. The number of ether oxygens (including phenoxy) is 1. The van der Waals surface area contributed by atoms with E-state index in [2.05, 4.69) is 38.3 Å². The molecule has 298 valence electrons. The van der Waals surface area contributed by atoms with Gasteiger partial charge in [0.15, 0.2) is 0 Å². The van der Waals surface area contributed by atoms with Crippen LogP contribution in [-0.2, 0) is 38.7 Å². The van der Waals surface area contributed by atoms with E-state index in [-0.39, 0.29) is 43.2 Å². The monoisotopic (exact) mass is 764 g/mol. The Morgan fingerprint density at radius 3 is 2.30 bits per heavy atom. The summed E-state index contributed by atoms with van der Waals surface area (Å²) < 4.78 is 6.31. The number of rotatable bonds is 7. The molecule has 2 aliphatic heterocycles. The molecule has 2 heterocycles. The number of amides is 5. The number of nitrogens with zero attached hydrogens (tertiary/aromatic N) is 2. The molecule has 56 heavy (non-hydrogen) atoms. The normalized spacial score (nSPS) is 22.8. The van der Waals surface area contributed by atoms with Crippen LogP contribution in [0.5, 0.6) is 5.75 Å². The number of hydrogen-bond acceptors (Lipinski definition) is 7. The van der Waals surface area contributed by atoms with Gasteiger partial charge in [-0.25, -0.2) is 0 Å². The van der Waals surface area contributed by atoms with Gasteiger partial charge in [0, 0.05) is 26.6 Å². The molecule has 3 aromatic rings. The molecule has 0 unspecified atom stereocenters. The number of likely N-dealkylation sites (N-methyl/N-ethyl adjacent to an activating group) is 1. The van der Waals surface area contributed by atoms with E-state index >= 15 is 0 Å². The third-order valence-electron chi connectivity index (χ3n) is 11.4. The smallest absolute Gasteiger partial charge is 0.255 e. The SMILES string of the molecule is C[C@@H]1NC(=O)C2(CCCC2)NC(=O)CC[C@@H](C(=O)NCc2cccc(CN3CCCCC3)c2)NC(=O)c2ccccc2OC[C@H](Cc2ccccc2)N(C)C1=O. The molecule has 3 aliphatic rings. The Balaban J connectivity index is 1.24. The Kier molecular flexibility index (Phi) is 13.8. The van der Waals surface area contributed by atoms with Gasteiger partial charge in [-0.05, 0) is 87.4 Å². The summed E-state index contributed by atoms with van der Waals surface area (Å²) in [5.41, 5.74) is 2.14. The molecule has 12 nitrogen and oxygen atoms in total. The van der Waals surface area contributed by atoms with Crippen molar-refractivity contribution in [3.8, 4) is 5.75 Å². The first-order valence-corrected chi connectivity index (χ1v) is 20.1. The third kappa shape index (κ3) is 10.5. The zero-order valence-corrected chi connectivity index (χ0v) is 32.7. The predicted octanol–water partition coefficient (Wildman–Crippen LogP) is 4.26. The molecular weight excluding hydrogens is 709 g/mol. The molecule has 0 bridgehead atoms. The van der Waals surface area contributed by atoms with Gasteiger partial charge in [-0.3, -0.25) is 28.9 Å². The maximum Gasteiger partial charge on any atom is 0.255 e. The molecule has 1 saturated carbocycles. The molecule has 0 radical (unpaired) electrons. The summed E-state index contributed by atoms with van der Waals surface area (Å²) in [5, 5.41) is 11.7. The van der Waals surface area contributed by atoms with Crippen molar-refractivity contribution in [1.29, 1.82) is 0 Å². The van der Waals surface area contributed by atoms with Crippen LogP contribution < -0.4 is 26.0 Å². The lowest BCUT2D eigenvalue weighted by Crippen LogP contribution is -2.61. The standard InChI is InChI=1S/C44H56N6O6/c1-31-42(54)49(2)35(27-32-14-5-3-6-15-32)30-56-38-19-8-7-18-36(38)40(52)47-37(20-21-39(51)48-44(43(55)46-31)22-9-10-23-44)41(53)45-28-33-16-13-17-34(26-33)29-50-24-11-4-12-25-50/h3,5-8,13-19,26,31,35,37H,4,9-12,20-25,27-30H2,1-2H3,(H,45,53)(H,46,55)(H,47,52)(H,48,51)/t31-,35-,37-/m0/s1. The fraction of sp³-hybridized carbons (Fsp3) is 0.477.